The van der Waals surface area contributed by atoms with E-state index in [0.29, 0.717) is 15.6 Å². The molecule has 2 aromatic rings. The highest BCUT2D eigenvalue weighted by molar-refractivity contribution is 8.18. The van der Waals surface area contributed by atoms with E-state index in [-0.39, 0.29) is 22.9 Å². The van der Waals surface area contributed by atoms with Crippen molar-refractivity contribution in [3.8, 4) is 5.75 Å². The molecule has 1 heterocycles. The van der Waals surface area contributed by atoms with Crippen LogP contribution in [-0.2, 0) is 4.79 Å². The molecule has 126 valence electrons. The second-order valence-electron chi connectivity index (χ2n) is 5.25. The minimum absolute atomic E-state index is 0.0644. The Morgan fingerprint density at radius 3 is 2.56 bits per heavy atom. The summed E-state index contributed by atoms with van der Waals surface area (Å²) in [6.07, 6.45) is 1.59. The van der Waals surface area contributed by atoms with Crippen LogP contribution in [0.4, 0.5) is 5.69 Å². The van der Waals surface area contributed by atoms with Gasteiger partial charge in [0.15, 0.2) is 5.17 Å². The molecule has 2 aromatic carbocycles. The number of hydrogen-bond acceptors (Lipinski definition) is 5. The molecule has 1 fully saturated rings. The van der Waals surface area contributed by atoms with E-state index in [1.54, 1.807) is 49.5 Å². The summed E-state index contributed by atoms with van der Waals surface area (Å²) in [5.41, 5.74) is 0.870. The number of carboxylic acid groups (broad SMARTS) is 1. The predicted octanol–water partition coefficient (Wildman–Crippen LogP) is 3.32. The number of likely N-dealkylation sites (N-methyl/N-ethyl adjacent to an activating group) is 1. The minimum atomic E-state index is -1.08. The number of carboxylic acids is 1. The number of carbonyl (C=O) groups excluding carboxylic acids is 1. The Morgan fingerprint density at radius 2 is 1.84 bits per heavy atom. The number of nitrogens with zero attached hydrogens (tertiary/aromatic N) is 2. The monoisotopic (exact) mass is 354 g/mol. The Labute approximate surface area is 148 Å². The Hall–Kier alpha value is -3.06. The molecule has 0 atom stereocenters. The van der Waals surface area contributed by atoms with Gasteiger partial charge in [-0.2, -0.15) is 0 Å². The number of aliphatic imine (C=N–C) groups is 1. The summed E-state index contributed by atoms with van der Waals surface area (Å²) in [5, 5.41) is 19.5. The molecule has 1 aliphatic heterocycles. The molecule has 0 radical (unpaired) electrons. The first-order chi connectivity index (χ1) is 12.0. The fraction of sp³-hybridized carbons (Fsp3) is 0.0556. The molecule has 6 nitrogen and oxygen atoms in total. The number of aromatic hydroxyl groups is 1. The van der Waals surface area contributed by atoms with E-state index in [1.165, 1.54) is 17.0 Å². The molecule has 2 N–H and O–H groups in total. The van der Waals surface area contributed by atoms with Crippen LogP contribution in [0.25, 0.3) is 6.08 Å². The van der Waals surface area contributed by atoms with Gasteiger partial charge in [-0.25, -0.2) is 9.79 Å². The summed E-state index contributed by atoms with van der Waals surface area (Å²) >= 11 is 1.13. The fourth-order valence-corrected chi connectivity index (χ4v) is 3.23. The van der Waals surface area contributed by atoms with Crippen molar-refractivity contribution in [2.24, 2.45) is 4.99 Å². The number of phenols is 1. The van der Waals surface area contributed by atoms with Crippen molar-refractivity contribution >= 4 is 40.6 Å². The molecule has 25 heavy (non-hydrogen) atoms. The largest absolute Gasteiger partial charge is 0.507 e. The molecule has 3 rings (SSSR count). The van der Waals surface area contributed by atoms with E-state index in [2.05, 4.69) is 4.99 Å². The number of phenolic OH excluding ortho intramolecular Hbond substituents is 1. The summed E-state index contributed by atoms with van der Waals surface area (Å²) in [5.74, 6) is -1.27. The van der Waals surface area contributed by atoms with E-state index in [0.717, 1.165) is 11.8 Å². The maximum atomic E-state index is 12.4. The van der Waals surface area contributed by atoms with Crippen molar-refractivity contribution in [2.45, 2.75) is 0 Å². The fourth-order valence-electron chi connectivity index (χ4n) is 2.26. The van der Waals surface area contributed by atoms with Gasteiger partial charge in [-0.3, -0.25) is 9.69 Å². The number of amides is 1. The number of thioether (sulfide) groups is 1. The van der Waals surface area contributed by atoms with Crippen LogP contribution in [0.3, 0.4) is 0 Å². The van der Waals surface area contributed by atoms with Crippen LogP contribution in [0, 0.1) is 0 Å². The lowest BCUT2D eigenvalue weighted by Gasteiger charge is -2.08. The number of rotatable bonds is 3. The van der Waals surface area contributed by atoms with Crippen LogP contribution in [0.1, 0.15) is 15.9 Å². The normalized spacial score (nSPS) is 17.5. The number of benzene rings is 2. The van der Waals surface area contributed by atoms with Crippen LogP contribution >= 0.6 is 11.8 Å². The van der Waals surface area contributed by atoms with Gasteiger partial charge in [-0.1, -0.05) is 30.3 Å². The molecule has 0 spiro atoms. The van der Waals surface area contributed by atoms with E-state index in [4.69, 9.17) is 0 Å². The minimum Gasteiger partial charge on any atom is -0.507 e. The highest BCUT2D eigenvalue weighted by Gasteiger charge is 2.30. The molecular weight excluding hydrogens is 340 g/mol. The summed E-state index contributed by atoms with van der Waals surface area (Å²) in [6, 6.07) is 13.0. The first-order valence-corrected chi connectivity index (χ1v) is 8.15. The zero-order chi connectivity index (χ0) is 18.0. The van der Waals surface area contributed by atoms with Gasteiger partial charge in [0.1, 0.15) is 5.75 Å². The summed E-state index contributed by atoms with van der Waals surface area (Å²) in [7, 11) is 1.57. The topological polar surface area (TPSA) is 90.2 Å². The molecule has 0 unspecified atom stereocenters. The third kappa shape index (κ3) is 3.41. The van der Waals surface area contributed by atoms with E-state index in [1.807, 2.05) is 0 Å². The zero-order valence-corrected chi connectivity index (χ0v) is 14.0. The predicted molar refractivity (Wildman–Crippen MR) is 96.9 cm³/mol. The third-order valence-corrected chi connectivity index (χ3v) is 4.64. The summed E-state index contributed by atoms with van der Waals surface area (Å²) in [4.78, 5) is 29.8. The standard InChI is InChI=1S/C18H14N2O4S/c1-20-16(22)15(10-11-6-2-5-9-14(11)21)25-18(20)19-13-8-4-3-7-12(13)17(23)24/h2-10,21H,1H3,(H,23,24)/b15-10-,19-18?. The van der Waals surface area contributed by atoms with E-state index in [9.17, 15) is 19.8 Å². The molecular formula is C18H14N2O4S. The van der Waals surface area contributed by atoms with Crippen molar-refractivity contribution in [1.29, 1.82) is 0 Å². The number of amidine groups is 1. The first-order valence-electron chi connectivity index (χ1n) is 7.34. The smallest absolute Gasteiger partial charge is 0.337 e. The summed E-state index contributed by atoms with van der Waals surface area (Å²) < 4.78 is 0. The highest BCUT2D eigenvalue weighted by atomic mass is 32.2. The lowest BCUT2D eigenvalue weighted by Crippen LogP contribution is -2.23. The maximum Gasteiger partial charge on any atom is 0.337 e. The van der Waals surface area contributed by atoms with Crippen molar-refractivity contribution in [2.75, 3.05) is 7.05 Å². The van der Waals surface area contributed by atoms with Crippen LogP contribution in [-0.4, -0.2) is 39.2 Å². The molecule has 0 aliphatic carbocycles. The van der Waals surface area contributed by atoms with Gasteiger partial charge < -0.3 is 10.2 Å². The number of para-hydroxylation sites is 2. The van der Waals surface area contributed by atoms with Gasteiger partial charge in [0.05, 0.1) is 16.2 Å². The Bertz CT molecular complexity index is 921. The maximum absolute atomic E-state index is 12.4. The van der Waals surface area contributed by atoms with Gasteiger partial charge in [0.2, 0.25) is 0 Å². The average molecular weight is 354 g/mol. The second-order valence-corrected chi connectivity index (χ2v) is 6.26. The average Bonchev–Trinajstić information content (AvgIpc) is 2.85. The molecule has 0 aromatic heterocycles. The number of hydrogen-bond donors (Lipinski definition) is 2. The molecule has 1 saturated heterocycles. The van der Waals surface area contributed by atoms with Gasteiger partial charge in [-0.15, -0.1) is 0 Å². The molecule has 1 aliphatic rings. The summed E-state index contributed by atoms with van der Waals surface area (Å²) in [6.45, 7) is 0. The van der Waals surface area contributed by atoms with Crippen LogP contribution < -0.4 is 0 Å². The van der Waals surface area contributed by atoms with Crippen LogP contribution in [0.5, 0.6) is 5.75 Å². The molecule has 0 saturated carbocycles. The van der Waals surface area contributed by atoms with Crippen molar-refractivity contribution in [3.05, 3.63) is 64.6 Å². The van der Waals surface area contributed by atoms with Crippen molar-refractivity contribution in [1.82, 2.24) is 4.90 Å². The SMILES string of the molecule is CN1C(=O)/C(=C/c2ccccc2O)SC1=Nc1ccccc1C(=O)O. The third-order valence-electron chi connectivity index (χ3n) is 3.58. The molecule has 7 heteroatoms. The van der Waals surface area contributed by atoms with Crippen LogP contribution in [0.15, 0.2) is 58.4 Å². The molecule has 1 amide bonds. The number of aromatic carboxylic acids is 1. The quantitative estimate of drug-likeness (QED) is 0.825. The zero-order valence-electron chi connectivity index (χ0n) is 13.2. The number of carbonyl (C=O) groups is 2. The van der Waals surface area contributed by atoms with Crippen molar-refractivity contribution < 1.29 is 19.8 Å². The lowest BCUT2D eigenvalue weighted by molar-refractivity contribution is -0.121. The second kappa shape index (κ2) is 6.82. The van der Waals surface area contributed by atoms with Gasteiger partial charge in [0, 0.05) is 12.6 Å². The van der Waals surface area contributed by atoms with E-state index >= 15 is 0 Å². The van der Waals surface area contributed by atoms with Crippen LogP contribution in [0.2, 0.25) is 0 Å². The highest BCUT2D eigenvalue weighted by Crippen LogP contribution is 2.35. The Balaban J connectivity index is 1.97. The van der Waals surface area contributed by atoms with Gasteiger partial charge >= 0.3 is 5.97 Å². The van der Waals surface area contributed by atoms with E-state index < -0.39 is 5.97 Å². The Morgan fingerprint density at radius 1 is 1.16 bits per heavy atom. The lowest BCUT2D eigenvalue weighted by atomic mass is 10.2. The first kappa shape index (κ1) is 16.8. The van der Waals surface area contributed by atoms with Crippen molar-refractivity contribution in [3.63, 3.8) is 0 Å². The Kier molecular flexibility index (Phi) is 4.58. The van der Waals surface area contributed by atoms with Gasteiger partial charge in [0.25, 0.3) is 5.91 Å². The molecule has 0 bridgehead atoms. The van der Waals surface area contributed by atoms with Gasteiger partial charge in [-0.05, 0) is 36.0 Å².